The number of aromatic nitrogens is 1. The Bertz CT molecular complexity index is 572. The van der Waals surface area contributed by atoms with Crippen LogP contribution in [-0.4, -0.2) is 22.7 Å². The van der Waals surface area contributed by atoms with Crippen LogP contribution in [0.15, 0.2) is 42.7 Å². The fourth-order valence-electron chi connectivity index (χ4n) is 1.58. The van der Waals surface area contributed by atoms with Crippen molar-refractivity contribution in [1.82, 2.24) is 4.98 Å². The number of pyridine rings is 1. The molecule has 0 fully saturated rings. The Morgan fingerprint density at radius 1 is 1.37 bits per heavy atom. The number of carboxylic acids is 1. The number of halogens is 1. The van der Waals surface area contributed by atoms with Crippen LogP contribution in [0.4, 0.5) is 4.39 Å². The van der Waals surface area contributed by atoms with Gasteiger partial charge in [0.25, 0.3) is 0 Å². The van der Waals surface area contributed by atoms with Crippen molar-refractivity contribution in [3.63, 3.8) is 0 Å². The normalized spacial score (nSPS) is 10.2. The molecule has 2 aromatic rings. The summed E-state index contributed by atoms with van der Waals surface area (Å²) in [5, 5.41) is 8.71. The Kier molecular flexibility index (Phi) is 4.07. The van der Waals surface area contributed by atoms with E-state index < -0.39 is 11.8 Å². The molecule has 0 spiro atoms. The molecule has 1 aromatic carbocycles. The van der Waals surface area contributed by atoms with Crippen molar-refractivity contribution in [1.29, 1.82) is 0 Å². The van der Waals surface area contributed by atoms with Crippen molar-refractivity contribution in [2.24, 2.45) is 0 Å². The first-order valence-electron chi connectivity index (χ1n) is 5.71. The molecule has 0 saturated heterocycles. The second kappa shape index (κ2) is 5.95. The predicted molar refractivity (Wildman–Crippen MR) is 66.8 cm³/mol. The monoisotopic (exact) mass is 261 g/mol. The van der Waals surface area contributed by atoms with E-state index in [2.05, 4.69) is 4.98 Å². The van der Waals surface area contributed by atoms with Gasteiger partial charge in [0, 0.05) is 18.8 Å². The molecule has 2 rings (SSSR count). The summed E-state index contributed by atoms with van der Waals surface area (Å²) < 4.78 is 18.8. The molecule has 0 amide bonds. The molecule has 0 unspecified atom stereocenters. The molecular formula is C14H12FNO3. The van der Waals surface area contributed by atoms with E-state index in [1.807, 2.05) is 12.1 Å². The number of carboxylic acid groups (broad SMARTS) is 1. The Balaban J connectivity index is 1.95. The van der Waals surface area contributed by atoms with Crippen LogP contribution in [0, 0.1) is 5.82 Å². The molecule has 0 saturated carbocycles. The van der Waals surface area contributed by atoms with E-state index in [1.54, 1.807) is 12.4 Å². The molecule has 0 aliphatic carbocycles. The van der Waals surface area contributed by atoms with Crippen LogP contribution < -0.4 is 4.74 Å². The van der Waals surface area contributed by atoms with Gasteiger partial charge >= 0.3 is 5.97 Å². The first-order valence-corrected chi connectivity index (χ1v) is 5.71. The number of rotatable bonds is 5. The van der Waals surface area contributed by atoms with Gasteiger partial charge in [0.15, 0.2) is 11.6 Å². The molecule has 0 atom stereocenters. The summed E-state index contributed by atoms with van der Waals surface area (Å²) in [7, 11) is 0. The molecule has 0 bridgehead atoms. The molecule has 1 N–H and O–H groups in total. The molecule has 0 aliphatic heterocycles. The van der Waals surface area contributed by atoms with Crippen LogP contribution in [0.2, 0.25) is 0 Å². The van der Waals surface area contributed by atoms with E-state index in [0.717, 1.165) is 11.6 Å². The highest BCUT2D eigenvalue weighted by atomic mass is 19.1. The minimum atomic E-state index is -1.17. The number of nitrogens with zero attached hydrogens (tertiary/aromatic N) is 1. The predicted octanol–water partition coefficient (Wildman–Crippen LogP) is 2.54. The molecule has 19 heavy (non-hydrogen) atoms. The van der Waals surface area contributed by atoms with Crippen molar-refractivity contribution < 1.29 is 19.0 Å². The summed E-state index contributed by atoms with van der Waals surface area (Å²) >= 11 is 0. The third-order valence-electron chi connectivity index (χ3n) is 2.55. The Morgan fingerprint density at radius 2 is 2.21 bits per heavy atom. The average Bonchev–Trinajstić information content (AvgIpc) is 2.41. The Labute approximate surface area is 109 Å². The van der Waals surface area contributed by atoms with Gasteiger partial charge in [-0.15, -0.1) is 0 Å². The lowest BCUT2D eigenvalue weighted by molar-refractivity contribution is 0.0696. The highest BCUT2D eigenvalue weighted by molar-refractivity contribution is 5.87. The van der Waals surface area contributed by atoms with Crippen molar-refractivity contribution in [2.45, 2.75) is 6.42 Å². The Hall–Kier alpha value is -2.43. The van der Waals surface area contributed by atoms with Gasteiger partial charge < -0.3 is 9.84 Å². The summed E-state index contributed by atoms with van der Waals surface area (Å²) in [6.45, 7) is 0.301. The van der Waals surface area contributed by atoms with Crippen molar-refractivity contribution >= 4 is 5.97 Å². The SMILES string of the molecule is O=C(O)c1ccc(OCCc2cccnc2)c(F)c1. The summed E-state index contributed by atoms with van der Waals surface area (Å²) in [6.07, 6.45) is 4.00. The van der Waals surface area contributed by atoms with Crippen LogP contribution in [0.25, 0.3) is 0 Å². The van der Waals surface area contributed by atoms with Crippen LogP contribution >= 0.6 is 0 Å². The maximum absolute atomic E-state index is 13.5. The smallest absolute Gasteiger partial charge is 0.335 e. The second-order valence-electron chi connectivity index (χ2n) is 3.91. The van der Waals surface area contributed by atoms with Crippen LogP contribution in [0.3, 0.4) is 0 Å². The number of aromatic carboxylic acids is 1. The van der Waals surface area contributed by atoms with E-state index in [9.17, 15) is 9.18 Å². The van der Waals surface area contributed by atoms with E-state index in [-0.39, 0.29) is 11.3 Å². The molecule has 98 valence electrons. The maximum atomic E-state index is 13.5. The van der Waals surface area contributed by atoms with Gasteiger partial charge in [0.05, 0.1) is 12.2 Å². The summed E-state index contributed by atoms with van der Waals surface area (Å²) in [6, 6.07) is 7.30. The molecule has 5 heteroatoms. The quantitative estimate of drug-likeness (QED) is 0.898. The van der Waals surface area contributed by atoms with Gasteiger partial charge in [-0.3, -0.25) is 4.98 Å². The summed E-state index contributed by atoms with van der Waals surface area (Å²) in [4.78, 5) is 14.6. The van der Waals surface area contributed by atoms with E-state index in [0.29, 0.717) is 13.0 Å². The minimum absolute atomic E-state index is 0.0499. The maximum Gasteiger partial charge on any atom is 0.335 e. The van der Waals surface area contributed by atoms with E-state index in [1.165, 1.54) is 12.1 Å². The topological polar surface area (TPSA) is 59.4 Å². The van der Waals surface area contributed by atoms with Crippen LogP contribution in [0.1, 0.15) is 15.9 Å². The number of hydrogen-bond acceptors (Lipinski definition) is 3. The molecule has 1 heterocycles. The van der Waals surface area contributed by atoms with Crippen LogP contribution in [0.5, 0.6) is 5.75 Å². The van der Waals surface area contributed by atoms with Crippen LogP contribution in [-0.2, 0) is 6.42 Å². The number of ether oxygens (including phenoxy) is 1. The largest absolute Gasteiger partial charge is 0.490 e. The fraction of sp³-hybridized carbons (Fsp3) is 0.143. The van der Waals surface area contributed by atoms with E-state index in [4.69, 9.17) is 9.84 Å². The first kappa shape index (κ1) is 13.0. The fourth-order valence-corrected chi connectivity index (χ4v) is 1.58. The van der Waals surface area contributed by atoms with Gasteiger partial charge in [-0.05, 0) is 29.8 Å². The highest BCUT2D eigenvalue weighted by Crippen LogP contribution is 2.18. The van der Waals surface area contributed by atoms with E-state index >= 15 is 0 Å². The second-order valence-corrected chi connectivity index (χ2v) is 3.91. The third-order valence-corrected chi connectivity index (χ3v) is 2.55. The lowest BCUT2D eigenvalue weighted by Gasteiger charge is -2.07. The van der Waals surface area contributed by atoms with Gasteiger partial charge in [-0.2, -0.15) is 0 Å². The lowest BCUT2D eigenvalue weighted by atomic mass is 10.2. The van der Waals surface area contributed by atoms with Crippen molar-refractivity contribution in [2.75, 3.05) is 6.61 Å². The molecule has 0 aliphatic rings. The average molecular weight is 261 g/mol. The molecule has 1 aromatic heterocycles. The van der Waals surface area contributed by atoms with Gasteiger partial charge in [0.2, 0.25) is 0 Å². The zero-order valence-electron chi connectivity index (χ0n) is 10.0. The standard InChI is InChI=1S/C14H12FNO3/c15-12-8-11(14(17)18)3-4-13(12)19-7-5-10-2-1-6-16-9-10/h1-4,6,8-9H,5,7H2,(H,17,18). The molecular weight excluding hydrogens is 249 g/mol. The molecule has 4 nitrogen and oxygen atoms in total. The van der Waals surface area contributed by atoms with Crippen molar-refractivity contribution in [3.8, 4) is 5.75 Å². The van der Waals surface area contributed by atoms with Gasteiger partial charge in [-0.25, -0.2) is 9.18 Å². The van der Waals surface area contributed by atoms with Gasteiger partial charge in [0.1, 0.15) is 0 Å². The minimum Gasteiger partial charge on any atom is -0.490 e. The zero-order valence-corrected chi connectivity index (χ0v) is 10.0. The van der Waals surface area contributed by atoms with Gasteiger partial charge in [-0.1, -0.05) is 6.07 Å². The Morgan fingerprint density at radius 3 is 2.84 bits per heavy atom. The number of carbonyl (C=O) groups is 1. The summed E-state index contributed by atoms with van der Waals surface area (Å²) in [5.74, 6) is -1.79. The highest BCUT2D eigenvalue weighted by Gasteiger charge is 2.09. The molecule has 0 radical (unpaired) electrons. The zero-order chi connectivity index (χ0) is 13.7. The first-order chi connectivity index (χ1) is 9.16. The summed E-state index contributed by atoms with van der Waals surface area (Å²) in [5.41, 5.74) is 0.891. The lowest BCUT2D eigenvalue weighted by Crippen LogP contribution is -2.04. The number of hydrogen-bond donors (Lipinski definition) is 1. The number of benzene rings is 1. The van der Waals surface area contributed by atoms with Crippen molar-refractivity contribution in [3.05, 3.63) is 59.7 Å². The third kappa shape index (κ3) is 3.51.